The first-order valence-electron chi connectivity index (χ1n) is 5.37. The maximum absolute atomic E-state index is 13.0. The molecular formula is C13H8Cl2F3NO. The van der Waals surface area contributed by atoms with Crippen LogP contribution >= 0.6 is 23.2 Å². The lowest BCUT2D eigenvalue weighted by Gasteiger charge is -2.15. The molecule has 2 aromatic rings. The van der Waals surface area contributed by atoms with Crippen molar-refractivity contribution in [1.82, 2.24) is 0 Å². The summed E-state index contributed by atoms with van der Waals surface area (Å²) in [5.41, 5.74) is 4.92. The van der Waals surface area contributed by atoms with Crippen molar-refractivity contribution in [1.29, 1.82) is 0 Å². The maximum Gasteiger partial charge on any atom is 0.420 e. The van der Waals surface area contributed by atoms with E-state index in [2.05, 4.69) is 0 Å². The summed E-state index contributed by atoms with van der Waals surface area (Å²) in [6, 6.07) is 7.85. The minimum Gasteiger partial charge on any atom is -0.455 e. The molecule has 106 valence electrons. The lowest BCUT2D eigenvalue weighted by molar-refractivity contribution is -0.138. The summed E-state index contributed by atoms with van der Waals surface area (Å²) in [6.07, 6.45) is -4.63. The quantitative estimate of drug-likeness (QED) is 0.753. The van der Waals surface area contributed by atoms with Crippen LogP contribution in [0.5, 0.6) is 11.5 Å². The number of benzene rings is 2. The monoisotopic (exact) mass is 321 g/mol. The van der Waals surface area contributed by atoms with Crippen LogP contribution in [0.25, 0.3) is 0 Å². The summed E-state index contributed by atoms with van der Waals surface area (Å²) in [4.78, 5) is 0. The second-order valence-electron chi connectivity index (χ2n) is 3.93. The van der Waals surface area contributed by atoms with Crippen molar-refractivity contribution in [2.24, 2.45) is 0 Å². The van der Waals surface area contributed by atoms with Crippen LogP contribution in [0.4, 0.5) is 18.9 Å². The Labute approximate surface area is 122 Å². The Morgan fingerprint density at radius 1 is 1.00 bits per heavy atom. The van der Waals surface area contributed by atoms with E-state index in [1.165, 1.54) is 30.3 Å². The van der Waals surface area contributed by atoms with Crippen molar-refractivity contribution in [3.63, 3.8) is 0 Å². The van der Waals surface area contributed by atoms with Gasteiger partial charge < -0.3 is 10.5 Å². The molecule has 0 aliphatic carbocycles. The van der Waals surface area contributed by atoms with E-state index in [4.69, 9.17) is 33.7 Å². The lowest BCUT2D eigenvalue weighted by atomic mass is 10.2. The molecule has 0 aromatic heterocycles. The molecule has 2 rings (SSSR count). The van der Waals surface area contributed by atoms with Gasteiger partial charge in [-0.15, -0.1) is 0 Å². The molecule has 0 atom stereocenters. The number of halogens is 5. The predicted molar refractivity (Wildman–Crippen MR) is 72.4 cm³/mol. The van der Waals surface area contributed by atoms with Crippen LogP contribution in [0, 0.1) is 0 Å². The molecule has 2 nitrogen and oxygen atoms in total. The predicted octanol–water partition coefficient (Wildman–Crippen LogP) is 5.39. The average Bonchev–Trinajstić information content (AvgIpc) is 2.33. The van der Waals surface area contributed by atoms with E-state index >= 15 is 0 Å². The largest absolute Gasteiger partial charge is 0.455 e. The van der Waals surface area contributed by atoms with E-state index in [0.29, 0.717) is 5.69 Å². The molecule has 2 aromatic carbocycles. The van der Waals surface area contributed by atoms with Crippen molar-refractivity contribution < 1.29 is 17.9 Å². The van der Waals surface area contributed by atoms with Gasteiger partial charge in [-0.3, -0.25) is 0 Å². The van der Waals surface area contributed by atoms with Crippen LogP contribution in [0.1, 0.15) is 5.56 Å². The first-order valence-corrected chi connectivity index (χ1v) is 6.12. The number of alkyl halides is 3. The Morgan fingerprint density at radius 2 is 1.60 bits per heavy atom. The van der Waals surface area contributed by atoms with Gasteiger partial charge in [-0.05, 0) is 36.4 Å². The number of rotatable bonds is 2. The molecule has 0 aliphatic rings. The average molecular weight is 322 g/mol. The third-order valence-corrected chi connectivity index (χ3v) is 2.91. The fraction of sp³-hybridized carbons (Fsp3) is 0.0769. The van der Waals surface area contributed by atoms with E-state index < -0.39 is 17.5 Å². The Balaban J connectivity index is 2.47. The molecule has 0 amide bonds. The first kappa shape index (κ1) is 14.8. The SMILES string of the molecule is Nc1ccc(Oc2c(Cl)cc(Cl)cc2C(F)(F)F)cc1. The molecule has 2 N–H and O–H groups in total. The number of hydrogen-bond acceptors (Lipinski definition) is 2. The van der Waals surface area contributed by atoms with Crippen LogP contribution in [-0.4, -0.2) is 0 Å². The minimum absolute atomic E-state index is 0.119. The number of nitrogen functional groups attached to an aromatic ring is 1. The van der Waals surface area contributed by atoms with Crippen molar-refractivity contribution in [3.8, 4) is 11.5 Å². The standard InChI is InChI=1S/C13H8Cl2F3NO/c14-7-5-10(13(16,17)18)12(11(15)6-7)20-9-3-1-8(19)2-4-9/h1-6H,19H2. The summed E-state index contributed by atoms with van der Waals surface area (Å²) < 4.78 is 44.1. The second-order valence-corrected chi connectivity index (χ2v) is 4.78. The zero-order valence-corrected chi connectivity index (χ0v) is 11.4. The van der Waals surface area contributed by atoms with Crippen molar-refractivity contribution in [2.75, 3.05) is 5.73 Å². The molecule has 0 radical (unpaired) electrons. The van der Waals surface area contributed by atoms with Crippen molar-refractivity contribution in [3.05, 3.63) is 52.0 Å². The molecule has 20 heavy (non-hydrogen) atoms. The fourth-order valence-electron chi connectivity index (χ4n) is 1.53. The van der Waals surface area contributed by atoms with E-state index in [1.54, 1.807) is 0 Å². The van der Waals surface area contributed by atoms with Crippen molar-refractivity contribution >= 4 is 28.9 Å². The van der Waals surface area contributed by atoms with Crippen LogP contribution in [0.3, 0.4) is 0 Å². The van der Waals surface area contributed by atoms with Gasteiger partial charge in [0.15, 0.2) is 5.75 Å². The number of hydrogen-bond donors (Lipinski definition) is 1. The number of anilines is 1. The summed E-state index contributed by atoms with van der Waals surface area (Å²) in [5.74, 6) is -0.303. The van der Waals surface area contributed by atoms with Gasteiger partial charge in [0.1, 0.15) is 11.3 Å². The molecule has 0 bridgehead atoms. The third-order valence-electron chi connectivity index (χ3n) is 2.41. The van der Waals surface area contributed by atoms with Gasteiger partial charge >= 0.3 is 6.18 Å². The summed E-state index contributed by atoms with van der Waals surface area (Å²) in [7, 11) is 0. The highest BCUT2D eigenvalue weighted by Gasteiger charge is 2.36. The highest BCUT2D eigenvalue weighted by Crippen LogP contribution is 2.43. The topological polar surface area (TPSA) is 35.2 Å². The highest BCUT2D eigenvalue weighted by molar-refractivity contribution is 6.35. The summed E-state index contributed by atoms with van der Waals surface area (Å²) >= 11 is 11.4. The number of nitrogens with two attached hydrogens (primary N) is 1. The molecule has 0 saturated heterocycles. The zero-order valence-electron chi connectivity index (χ0n) is 9.84. The van der Waals surface area contributed by atoms with Gasteiger partial charge in [0.25, 0.3) is 0 Å². The molecule has 7 heteroatoms. The summed E-state index contributed by atoms with van der Waals surface area (Å²) in [5, 5.41) is -0.339. The summed E-state index contributed by atoms with van der Waals surface area (Å²) in [6.45, 7) is 0. The van der Waals surface area contributed by atoms with Gasteiger partial charge in [-0.25, -0.2) is 0 Å². The molecule has 0 spiro atoms. The molecular weight excluding hydrogens is 314 g/mol. The molecule has 0 fully saturated rings. The Bertz CT molecular complexity index is 627. The molecule has 0 aliphatic heterocycles. The van der Waals surface area contributed by atoms with Gasteiger partial charge in [0.05, 0.1) is 5.02 Å². The van der Waals surface area contributed by atoms with Crippen LogP contribution < -0.4 is 10.5 Å². The minimum atomic E-state index is -4.63. The molecule has 0 saturated carbocycles. The van der Waals surface area contributed by atoms with Gasteiger partial charge in [0.2, 0.25) is 0 Å². The smallest absolute Gasteiger partial charge is 0.420 e. The second kappa shape index (κ2) is 5.42. The Kier molecular flexibility index (Phi) is 4.01. The van der Waals surface area contributed by atoms with E-state index in [-0.39, 0.29) is 15.8 Å². The van der Waals surface area contributed by atoms with Crippen LogP contribution in [-0.2, 0) is 6.18 Å². The van der Waals surface area contributed by atoms with Crippen LogP contribution in [0.2, 0.25) is 10.0 Å². The van der Waals surface area contributed by atoms with Gasteiger partial charge in [-0.2, -0.15) is 13.2 Å². The molecule has 0 heterocycles. The Morgan fingerprint density at radius 3 is 2.15 bits per heavy atom. The van der Waals surface area contributed by atoms with Gasteiger partial charge in [-0.1, -0.05) is 23.2 Å². The van der Waals surface area contributed by atoms with E-state index in [0.717, 1.165) is 6.07 Å². The fourth-order valence-corrected chi connectivity index (χ4v) is 2.06. The molecule has 0 unspecified atom stereocenters. The normalized spacial score (nSPS) is 11.4. The van der Waals surface area contributed by atoms with E-state index in [9.17, 15) is 13.2 Å². The number of ether oxygens (including phenoxy) is 1. The van der Waals surface area contributed by atoms with Crippen molar-refractivity contribution in [2.45, 2.75) is 6.18 Å². The zero-order chi connectivity index (χ0) is 14.9. The van der Waals surface area contributed by atoms with Crippen LogP contribution in [0.15, 0.2) is 36.4 Å². The lowest BCUT2D eigenvalue weighted by Crippen LogP contribution is -2.07. The van der Waals surface area contributed by atoms with E-state index in [1.807, 2.05) is 0 Å². The third kappa shape index (κ3) is 3.29. The maximum atomic E-state index is 13.0. The first-order chi connectivity index (χ1) is 9.27. The highest BCUT2D eigenvalue weighted by atomic mass is 35.5. The Hall–Kier alpha value is -1.59. The van der Waals surface area contributed by atoms with Gasteiger partial charge in [0, 0.05) is 10.7 Å².